The number of carbonyl (C=O) groups is 1. The standard InChI is InChI=1S/C18H20O3/c1-13-8-10-15(11-9-13)21-12-17(18(19)20-3)16-7-5-4-6-14(16)2/h4-11,17H,12H2,1-3H3. The van der Waals surface area contributed by atoms with E-state index < -0.39 is 5.92 Å². The Labute approximate surface area is 125 Å². The molecule has 3 nitrogen and oxygen atoms in total. The van der Waals surface area contributed by atoms with E-state index in [0.29, 0.717) is 0 Å². The van der Waals surface area contributed by atoms with Crippen molar-refractivity contribution in [2.24, 2.45) is 0 Å². The van der Waals surface area contributed by atoms with Crippen molar-refractivity contribution in [3.63, 3.8) is 0 Å². The second kappa shape index (κ2) is 6.93. The van der Waals surface area contributed by atoms with Crippen molar-refractivity contribution in [3.05, 3.63) is 65.2 Å². The Morgan fingerprint density at radius 3 is 2.33 bits per heavy atom. The molecule has 0 N–H and O–H groups in total. The van der Waals surface area contributed by atoms with Crippen molar-refractivity contribution < 1.29 is 14.3 Å². The molecule has 0 radical (unpaired) electrons. The summed E-state index contributed by atoms with van der Waals surface area (Å²) in [4.78, 5) is 12.0. The summed E-state index contributed by atoms with van der Waals surface area (Å²) in [5.41, 5.74) is 3.17. The summed E-state index contributed by atoms with van der Waals surface area (Å²) in [6, 6.07) is 15.6. The minimum absolute atomic E-state index is 0.264. The summed E-state index contributed by atoms with van der Waals surface area (Å²) in [7, 11) is 1.40. The van der Waals surface area contributed by atoms with Crippen LogP contribution in [0.5, 0.6) is 5.75 Å². The average Bonchev–Trinajstić information content (AvgIpc) is 2.50. The quantitative estimate of drug-likeness (QED) is 0.786. The molecule has 0 aliphatic carbocycles. The lowest BCUT2D eigenvalue weighted by Gasteiger charge is -2.18. The van der Waals surface area contributed by atoms with Crippen LogP contribution in [0.2, 0.25) is 0 Å². The van der Waals surface area contributed by atoms with Crippen LogP contribution >= 0.6 is 0 Å². The van der Waals surface area contributed by atoms with Gasteiger partial charge in [0, 0.05) is 0 Å². The Morgan fingerprint density at radius 2 is 1.71 bits per heavy atom. The van der Waals surface area contributed by atoms with Crippen molar-refractivity contribution in [2.75, 3.05) is 13.7 Å². The van der Waals surface area contributed by atoms with Crippen LogP contribution in [-0.4, -0.2) is 19.7 Å². The predicted octanol–water partition coefficient (Wildman–Crippen LogP) is 3.64. The number of hydrogen-bond acceptors (Lipinski definition) is 3. The van der Waals surface area contributed by atoms with E-state index in [1.807, 2.05) is 62.4 Å². The molecule has 0 spiro atoms. The summed E-state index contributed by atoms with van der Waals surface area (Å²) in [5.74, 6) is 0.0528. The van der Waals surface area contributed by atoms with Crippen molar-refractivity contribution in [1.82, 2.24) is 0 Å². The first kappa shape index (κ1) is 15.1. The van der Waals surface area contributed by atoms with E-state index in [0.717, 1.165) is 16.9 Å². The number of aryl methyl sites for hydroxylation is 2. The lowest BCUT2D eigenvalue weighted by Crippen LogP contribution is -2.22. The van der Waals surface area contributed by atoms with Crippen molar-refractivity contribution in [1.29, 1.82) is 0 Å². The number of methoxy groups -OCH3 is 1. The average molecular weight is 284 g/mol. The molecule has 0 aliphatic rings. The monoisotopic (exact) mass is 284 g/mol. The Balaban J connectivity index is 2.16. The van der Waals surface area contributed by atoms with Crippen LogP contribution in [0, 0.1) is 13.8 Å². The van der Waals surface area contributed by atoms with Gasteiger partial charge >= 0.3 is 5.97 Å². The fraction of sp³-hybridized carbons (Fsp3) is 0.278. The lowest BCUT2D eigenvalue weighted by molar-refractivity contribution is -0.143. The molecule has 2 rings (SSSR count). The van der Waals surface area contributed by atoms with Crippen molar-refractivity contribution in [3.8, 4) is 5.75 Å². The zero-order valence-corrected chi connectivity index (χ0v) is 12.6. The fourth-order valence-corrected chi connectivity index (χ4v) is 2.22. The SMILES string of the molecule is COC(=O)C(COc1ccc(C)cc1)c1ccccc1C. The molecule has 3 heteroatoms. The van der Waals surface area contributed by atoms with Crippen molar-refractivity contribution in [2.45, 2.75) is 19.8 Å². The molecular formula is C18H20O3. The number of esters is 1. The Bertz CT molecular complexity index is 602. The molecule has 1 atom stereocenters. The van der Waals surface area contributed by atoms with E-state index in [1.165, 1.54) is 12.7 Å². The van der Waals surface area contributed by atoms with Crippen molar-refractivity contribution >= 4 is 5.97 Å². The molecule has 21 heavy (non-hydrogen) atoms. The van der Waals surface area contributed by atoms with E-state index in [4.69, 9.17) is 9.47 Å². The number of hydrogen-bond donors (Lipinski definition) is 0. The fourth-order valence-electron chi connectivity index (χ4n) is 2.22. The molecule has 0 fully saturated rings. The van der Waals surface area contributed by atoms with Gasteiger partial charge in [0.2, 0.25) is 0 Å². The van der Waals surface area contributed by atoms with Gasteiger partial charge in [-0.25, -0.2) is 0 Å². The van der Waals surface area contributed by atoms with Gasteiger partial charge in [0.15, 0.2) is 0 Å². The molecule has 0 bridgehead atoms. The summed E-state index contributed by atoms with van der Waals surface area (Å²) < 4.78 is 10.7. The molecule has 2 aromatic carbocycles. The predicted molar refractivity (Wildman–Crippen MR) is 82.6 cm³/mol. The molecule has 0 aromatic heterocycles. The van der Waals surface area contributed by atoms with E-state index in [-0.39, 0.29) is 12.6 Å². The molecule has 1 unspecified atom stereocenters. The maximum atomic E-state index is 12.0. The summed E-state index contributed by atoms with van der Waals surface area (Å²) >= 11 is 0. The smallest absolute Gasteiger partial charge is 0.316 e. The Kier molecular flexibility index (Phi) is 4.99. The third-order valence-corrected chi connectivity index (χ3v) is 3.49. The van der Waals surface area contributed by atoms with Crippen LogP contribution in [0.1, 0.15) is 22.6 Å². The zero-order valence-electron chi connectivity index (χ0n) is 12.6. The van der Waals surface area contributed by atoms with Gasteiger partial charge in [0.05, 0.1) is 7.11 Å². The summed E-state index contributed by atoms with van der Waals surface area (Å²) in [6.07, 6.45) is 0. The largest absolute Gasteiger partial charge is 0.492 e. The highest BCUT2D eigenvalue weighted by molar-refractivity contribution is 5.78. The third-order valence-electron chi connectivity index (χ3n) is 3.49. The molecule has 110 valence electrons. The topological polar surface area (TPSA) is 35.5 Å². The van der Waals surface area contributed by atoms with E-state index >= 15 is 0 Å². The van der Waals surface area contributed by atoms with E-state index in [2.05, 4.69) is 0 Å². The van der Waals surface area contributed by atoms with Gasteiger partial charge in [0.1, 0.15) is 18.3 Å². The van der Waals surface area contributed by atoms with Crippen LogP contribution in [0.25, 0.3) is 0 Å². The lowest BCUT2D eigenvalue weighted by atomic mass is 9.95. The van der Waals surface area contributed by atoms with Gasteiger partial charge in [-0.15, -0.1) is 0 Å². The molecule has 0 amide bonds. The van der Waals surface area contributed by atoms with Gasteiger partial charge in [-0.3, -0.25) is 4.79 Å². The van der Waals surface area contributed by atoms with Gasteiger partial charge in [0.25, 0.3) is 0 Å². The molecule has 2 aromatic rings. The second-order valence-electron chi connectivity index (χ2n) is 5.06. The summed E-state index contributed by atoms with van der Waals surface area (Å²) in [6.45, 7) is 4.27. The Hall–Kier alpha value is -2.29. The first-order chi connectivity index (χ1) is 10.1. The highest BCUT2D eigenvalue weighted by Crippen LogP contribution is 2.23. The van der Waals surface area contributed by atoms with Gasteiger partial charge < -0.3 is 9.47 Å². The maximum Gasteiger partial charge on any atom is 0.316 e. The second-order valence-corrected chi connectivity index (χ2v) is 5.06. The van der Waals surface area contributed by atoms with Crippen LogP contribution in [0.4, 0.5) is 0 Å². The number of carbonyl (C=O) groups excluding carboxylic acids is 1. The first-order valence-electron chi connectivity index (χ1n) is 6.94. The molecule has 0 saturated heterocycles. The number of rotatable bonds is 5. The van der Waals surface area contributed by atoms with Crippen LogP contribution in [-0.2, 0) is 9.53 Å². The number of benzene rings is 2. The third kappa shape index (κ3) is 3.85. The normalized spacial score (nSPS) is 11.8. The molecule has 0 aliphatic heterocycles. The minimum Gasteiger partial charge on any atom is -0.492 e. The highest BCUT2D eigenvalue weighted by Gasteiger charge is 2.23. The van der Waals surface area contributed by atoms with Gasteiger partial charge in [-0.1, -0.05) is 42.0 Å². The van der Waals surface area contributed by atoms with Crippen LogP contribution < -0.4 is 4.74 Å². The van der Waals surface area contributed by atoms with Crippen LogP contribution in [0.3, 0.4) is 0 Å². The molecular weight excluding hydrogens is 264 g/mol. The number of ether oxygens (including phenoxy) is 2. The Morgan fingerprint density at radius 1 is 1.05 bits per heavy atom. The van der Waals surface area contributed by atoms with E-state index in [9.17, 15) is 4.79 Å². The highest BCUT2D eigenvalue weighted by atomic mass is 16.5. The maximum absolute atomic E-state index is 12.0. The summed E-state index contributed by atoms with van der Waals surface area (Å²) in [5, 5.41) is 0. The van der Waals surface area contributed by atoms with Gasteiger partial charge in [-0.05, 0) is 37.1 Å². The molecule has 0 heterocycles. The van der Waals surface area contributed by atoms with Crippen LogP contribution in [0.15, 0.2) is 48.5 Å². The molecule has 0 saturated carbocycles. The zero-order chi connectivity index (χ0) is 15.2. The first-order valence-corrected chi connectivity index (χ1v) is 6.94. The van der Waals surface area contributed by atoms with E-state index in [1.54, 1.807) is 0 Å². The minimum atomic E-state index is -0.419. The van der Waals surface area contributed by atoms with Gasteiger partial charge in [-0.2, -0.15) is 0 Å².